The van der Waals surface area contributed by atoms with Crippen molar-refractivity contribution in [3.63, 3.8) is 0 Å². The first-order valence-corrected chi connectivity index (χ1v) is 9.81. The van der Waals surface area contributed by atoms with E-state index >= 15 is 0 Å². The van der Waals surface area contributed by atoms with Gasteiger partial charge in [-0.2, -0.15) is 8.42 Å². The SMILES string of the molecule is CC.NS(=O)(=O)NCCc1ncc([N+](=O)[O-])n1CCN1CCNCC1. The van der Waals surface area contributed by atoms with Crippen molar-refractivity contribution in [2.75, 3.05) is 39.3 Å². The van der Waals surface area contributed by atoms with Crippen LogP contribution in [0.25, 0.3) is 0 Å². The molecular weight excluding hydrogens is 350 g/mol. The summed E-state index contributed by atoms with van der Waals surface area (Å²) in [4.78, 5) is 16.9. The van der Waals surface area contributed by atoms with Gasteiger partial charge in [-0.15, -0.1) is 0 Å². The number of hydrogen-bond donors (Lipinski definition) is 3. The van der Waals surface area contributed by atoms with Crippen molar-refractivity contribution >= 4 is 16.0 Å². The third-order valence-corrected chi connectivity index (χ3v) is 4.21. The molecule has 0 bridgehead atoms. The second-order valence-electron chi connectivity index (χ2n) is 5.22. The van der Waals surface area contributed by atoms with E-state index in [-0.39, 0.29) is 18.8 Å². The lowest BCUT2D eigenvalue weighted by molar-refractivity contribution is -0.392. The van der Waals surface area contributed by atoms with Gasteiger partial charge in [0.2, 0.25) is 0 Å². The Morgan fingerprint density at radius 1 is 1.36 bits per heavy atom. The lowest BCUT2D eigenvalue weighted by Gasteiger charge is -2.26. The zero-order valence-electron chi connectivity index (χ0n) is 14.6. The van der Waals surface area contributed by atoms with E-state index in [1.807, 2.05) is 13.8 Å². The second kappa shape index (κ2) is 10.4. The number of rotatable bonds is 8. The molecule has 25 heavy (non-hydrogen) atoms. The summed E-state index contributed by atoms with van der Waals surface area (Å²) >= 11 is 0. The van der Waals surface area contributed by atoms with Crippen LogP contribution in [0, 0.1) is 10.1 Å². The molecular formula is C13H27N7O4S. The average Bonchev–Trinajstić information content (AvgIpc) is 2.98. The Balaban J connectivity index is 0.00000151. The van der Waals surface area contributed by atoms with Gasteiger partial charge in [0.15, 0.2) is 5.82 Å². The summed E-state index contributed by atoms with van der Waals surface area (Å²) < 4.78 is 25.4. The van der Waals surface area contributed by atoms with E-state index in [0.717, 1.165) is 26.2 Å². The Kier molecular flexibility index (Phi) is 8.92. The van der Waals surface area contributed by atoms with Gasteiger partial charge in [-0.25, -0.2) is 19.4 Å². The molecule has 2 heterocycles. The van der Waals surface area contributed by atoms with Crippen LogP contribution in [0.5, 0.6) is 0 Å². The Morgan fingerprint density at radius 2 is 2.00 bits per heavy atom. The van der Waals surface area contributed by atoms with Gasteiger partial charge < -0.3 is 15.4 Å². The number of hydrogen-bond acceptors (Lipinski definition) is 7. The fraction of sp³-hybridized carbons (Fsp3) is 0.769. The van der Waals surface area contributed by atoms with E-state index in [9.17, 15) is 18.5 Å². The zero-order valence-corrected chi connectivity index (χ0v) is 15.5. The minimum Gasteiger partial charge on any atom is -0.358 e. The number of piperazine rings is 1. The summed E-state index contributed by atoms with van der Waals surface area (Å²) in [6.45, 7) is 8.74. The Hall–Kier alpha value is -1.60. The van der Waals surface area contributed by atoms with Crippen molar-refractivity contribution in [3.8, 4) is 0 Å². The Labute approximate surface area is 147 Å². The second-order valence-corrected chi connectivity index (χ2v) is 6.60. The molecule has 0 aromatic carbocycles. The normalized spacial score (nSPS) is 15.5. The van der Waals surface area contributed by atoms with Crippen molar-refractivity contribution in [1.82, 2.24) is 24.5 Å². The number of nitro groups is 1. The number of nitrogens with zero attached hydrogens (tertiary/aromatic N) is 4. The Morgan fingerprint density at radius 3 is 2.56 bits per heavy atom. The molecule has 11 nitrogen and oxygen atoms in total. The number of aromatic nitrogens is 2. The minimum absolute atomic E-state index is 0.0423. The van der Waals surface area contributed by atoms with E-state index in [0.29, 0.717) is 18.9 Å². The van der Waals surface area contributed by atoms with Gasteiger partial charge in [-0.3, -0.25) is 4.90 Å². The first-order chi connectivity index (χ1) is 11.9. The summed E-state index contributed by atoms with van der Waals surface area (Å²) in [7, 11) is -3.78. The minimum atomic E-state index is -3.78. The van der Waals surface area contributed by atoms with Gasteiger partial charge in [-0.05, 0) is 4.92 Å². The molecule has 0 saturated carbocycles. The predicted octanol–water partition coefficient (Wildman–Crippen LogP) is -0.942. The molecule has 1 fully saturated rings. The number of imidazole rings is 1. The highest BCUT2D eigenvalue weighted by atomic mass is 32.2. The van der Waals surface area contributed by atoms with Crippen molar-refractivity contribution in [2.45, 2.75) is 26.8 Å². The molecule has 0 atom stereocenters. The average molecular weight is 377 g/mol. The lowest BCUT2D eigenvalue weighted by atomic mass is 10.3. The fourth-order valence-electron chi connectivity index (χ4n) is 2.47. The molecule has 1 aliphatic rings. The van der Waals surface area contributed by atoms with Crippen molar-refractivity contribution < 1.29 is 13.3 Å². The smallest absolute Gasteiger partial charge is 0.342 e. The highest BCUT2D eigenvalue weighted by Gasteiger charge is 2.21. The molecule has 0 amide bonds. The van der Waals surface area contributed by atoms with Gasteiger partial charge in [0, 0.05) is 45.7 Å². The van der Waals surface area contributed by atoms with E-state index < -0.39 is 15.1 Å². The van der Waals surface area contributed by atoms with Crippen LogP contribution in [0.2, 0.25) is 0 Å². The third-order valence-electron chi connectivity index (χ3n) is 3.61. The van der Waals surface area contributed by atoms with E-state index in [2.05, 4.69) is 19.9 Å². The molecule has 2 rings (SSSR count). The summed E-state index contributed by atoms with van der Waals surface area (Å²) in [5.41, 5.74) is 0. The molecule has 1 saturated heterocycles. The van der Waals surface area contributed by atoms with E-state index in [1.165, 1.54) is 10.8 Å². The largest absolute Gasteiger partial charge is 0.358 e. The van der Waals surface area contributed by atoms with Crippen molar-refractivity contribution in [3.05, 3.63) is 22.1 Å². The van der Waals surface area contributed by atoms with Gasteiger partial charge in [0.25, 0.3) is 10.2 Å². The lowest BCUT2D eigenvalue weighted by Crippen LogP contribution is -2.44. The topological polar surface area (TPSA) is 148 Å². The quantitative estimate of drug-likeness (QED) is 0.391. The van der Waals surface area contributed by atoms with E-state index in [1.54, 1.807) is 0 Å². The van der Waals surface area contributed by atoms with Crippen LogP contribution >= 0.6 is 0 Å². The Bertz CT molecular complexity index is 641. The molecule has 1 aliphatic heterocycles. The first-order valence-electron chi connectivity index (χ1n) is 8.26. The first kappa shape index (κ1) is 21.4. The molecule has 4 N–H and O–H groups in total. The van der Waals surface area contributed by atoms with Crippen LogP contribution in [-0.2, 0) is 23.2 Å². The summed E-state index contributed by atoms with van der Waals surface area (Å²) in [5, 5.41) is 19.2. The van der Waals surface area contributed by atoms with Crippen LogP contribution in [0.15, 0.2) is 6.20 Å². The molecule has 0 spiro atoms. The monoisotopic (exact) mass is 377 g/mol. The van der Waals surface area contributed by atoms with Crippen LogP contribution < -0.4 is 15.2 Å². The van der Waals surface area contributed by atoms with Crippen LogP contribution in [0.3, 0.4) is 0 Å². The molecule has 1 aromatic rings. The number of nitrogens with one attached hydrogen (secondary N) is 2. The third kappa shape index (κ3) is 7.44. The highest BCUT2D eigenvalue weighted by molar-refractivity contribution is 7.87. The fourth-order valence-corrected chi connectivity index (χ4v) is 2.86. The van der Waals surface area contributed by atoms with Gasteiger partial charge >= 0.3 is 5.82 Å². The summed E-state index contributed by atoms with van der Waals surface area (Å²) in [5.74, 6) is 0.369. The van der Waals surface area contributed by atoms with Crippen molar-refractivity contribution in [2.24, 2.45) is 5.14 Å². The molecule has 144 valence electrons. The zero-order chi connectivity index (χ0) is 18.9. The van der Waals surface area contributed by atoms with Crippen LogP contribution in [0.4, 0.5) is 5.82 Å². The standard InChI is InChI=1S/C11H21N7O4S.C2H6/c12-23(21,22)15-2-1-10-14-9-11(18(19)20)17(10)8-7-16-5-3-13-4-6-16;1-2/h9,13,15H,1-8H2,(H2,12,21,22);1-2H3. The molecule has 0 unspecified atom stereocenters. The maximum atomic E-state index is 11.1. The number of nitrogens with two attached hydrogens (primary N) is 1. The summed E-state index contributed by atoms with van der Waals surface area (Å²) in [6.07, 6.45) is 1.43. The molecule has 0 aliphatic carbocycles. The predicted molar refractivity (Wildman–Crippen MR) is 94.4 cm³/mol. The molecule has 1 aromatic heterocycles. The highest BCUT2D eigenvalue weighted by Crippen LogP contribution is 2.15. The maximum Gasteiger partial charge on any atom is 0.342 e. The summed E-state index contributed by atoms with van der Waals surface area (Å²) in [6, 6.07) is 0. The molecule has 12 heteroatoms. The van der Waals surface area contributed by atoms with E-state index in [4.69, 9.17) is 5.14 Å². The van der Waals surface area contributed by atoms with Crippen LogP contribution in [-0.4, -0.2) is 67.1 Å². The van der Waals surface area contributed by atoms with Crippen LogP contribution in [0.1, 0.15) is 19.7 Å². The molecule has 0 radical (unpaired) electrons. The van der Waals surface area contributed by atoms with Gasteiger partial charge in [0.1, 0.15) is 12.7 Å². The maximum absolute atomic E-state index is 11.1. The van der Waals surface area contributed by atoms with Gasteiger partial charge in [0.05, 0.1) is 0 Å². The van der Waals surface area contributed by atoms with Crippen molar-refractivity contribution in [1.29, 1.82) is 0 Å². The van der Waals surface area contributed by atoms with Gasteiger partial charge in [-0.1, -0.05) is 13.8 Å².